The minimum atomic E-state index is 0.869. The van der Waals surface area contributed by atoms with Gasteiger partial charge in [0.2, 0.25) is 0 Å². The summed E-state index contributed by atoms with van der Waals surface area (Å²) in [5, 5.41) is 4.30. The number of hydrogen-bond acceptors (Lipinski definition) is 3. The Hall–Kier alpha value is -0.670. The Morgan fingerprint density at radius 1 is 1.16 bits per heavy atom. The first kappa shape index (κ1) is 14.7. The van der Waals surface area contributed by atoms with Gasteiger partial charge >= 0.3 is 0 Å². The van der Waals surface area contributed by atoms with Gasteiger partial charge in [-0.1, -0.05) is 6.07 Å². The molecule has 106 valence electrons. The van der Waals surface area contributed by atoms with E-state index in [1.165, 1.54) is 48.5 Å². The van der Waals surface area contributed by atoms with Gasteiger partial charge in [0.25, 0.3) is 0 Å². The van der Waals surface area contributed by atoms with Gasteiger partial charge in [-0.05, 0) is 63.0 Å². The first-order valence-electron chi connectivity index (χ1n) is 7.27. The first-order chi connectivity index (χ1) is 9.15. The fourth-order valence-corrected chi connectivity index (χ4v) is 3.90. The second-order valence-corrected chi connectivity index (χ2v) is 7.00. The van der Waals surface area contributed by atoms with Gasteiger partial charge in [0.1, 0.15) is 0 Å². The van der Waals surface area contributed by atoms with Crippen LogP contribution in [-0.2, 0) is 0 Å². The summed E-state index contributed by atoms with van der Waals surface area (Å²) in [7, 11) is 2.21. The van der Waals surface area contributed by atoms with Crippen LogP contribution >= 0.6 is 11.8 Å². The van der Waals surface area contributed by atoms with Crippen LogP contribution in [0.4, 0.5) is 5.69 Å². The molecule has 1 aliphatic heterocycles. The van der Waals surface area contributed by atoms with Crippen molar-refractivity contribution >= 4 is 17.4 Å². The van der Waals surface area contributed by atoms with Crippen LogP contribution < -0.4 is 10.2 Å². The third-order valence-corrected chi connectivity index (χ3v) is 5.07. The third kappa shape index (κ3) is 4.73. The Morgan fingerprint density at radius 2 is 1.79 bits per heavy atom. The van der Waals surface area contributed by atoms with Crippen molar-refractivity contribution in [1.82, 2.24) is 5.32 Å². The smallest absolute Gasteiger partial charge is 0.0369 e. The molecule has 0 atom stereocenters. The van der Waals surface area contributed by atoms with Crippen molar-refractivity contribution in [3.8, 4) is 0 Å². The van der Waals surface area contributed by atoms with Gasteiger partial charge in [0, 0.05) is 30.3 Å². The molecule has 2 nitrogen and oxygen atoms in total. The number of rotatable bonds is 5. The number of anilines is 1. The molecule has 1 N–H and O–H groups in total. The molecule has 3 heteroatoms. The van der Waals surface area contributed by atoms with E-state index < -0.39 is 0 Å². The fourth-order valence-electron chi connectivity index (χ4n) is 2.62. The van der Waals surface area contributed by atoms with Crippen molar-refractivity contribution in [1.29, 1.82) is 0 Å². The van der Waals surface area contributed by atoms with E-state index in [1.807, 2.05) is 0 Å². The summed E-state index contributed by atoms with van der Waals surface area (Å²) in [5.41, 5.74) is 4.06. The number of hydrogen-bond donors (Lipinski definition) is 1. The number of benzene rings is 1. The minimum Gasteiger partial charge on any atom is -0.374 e. The molecule has 19 heavy (non-hydrogen) atoms. The quantitative estimate of drug-likeness (QED) is 0.890. The predicted molar refractivity (Wildman–Crippen MR) is 87.5 cm³/mol. The highest BCUT2D eigenvalue weighted by atomic mass is 32.2. The standard InChI is InChI=1S/C16H26N2S/c1-13-10-14(2)12-15(11-13)18(3)8-9-19-16-4-6-17-7-5-16/h10-12,16-17H,4-9H2,1-3H3. The predicted octanol–water partition coefficient (Wildman–Crippen LogP) is 3.22. The van der Waals surface area contributed by atoms with Crippen molar-refractivity contribution in [3.63, 3.8) is 0 Å². The van der Waals surface area contributed by atoms with Crippen molar-refractivity contribution in [2.45, 2.75) is 31.9 Å². The molecular weight excluding hydrogens is 252 g/mol. The lowest BCUT2D eigenvalue weighted by Gasteiger charge is -2.24. The van der Waals surface area contributed by atoms with Crippen molar-refractivity contribution in [2.75, 3.05) is 37.3 Å². The summed E-state index contributed by atoms with van der Waals surface area (Å²) in [6.07, 6.45) is 2.66. The van der Waals surface area contributed by atoms with Crippen LogP contribution in [0.3, 0.4) is 0 Å². The summed E-state index contributed by atoms with van der Waals surface area (Å²) in [5.74, 6) is 1.23. The van der Waals surface area contributed by atoms with Crippen LogP contribution in [0.1, 0.15) is 24.0 Å². The Kier molecular flexibility index (Phi) is 5.59. The van der Waals surface area contributed by atoms with E-state index in [2.05, 4.69) is 61.1 Å². The maximum atomic E-state index is 3.43. The average molecular weight is 278 g/mol. The van der Waals surface area contributed by atoms with E-state index in [0.29, 0.717) is 0 Å². The highest BCUT2D eigenvalue weighted by Crippen LogP contribution is 2.22. The van der Waals surface area contributed by atoms with Crippen molar-refractivity contribution < 1.29 is 0 Å². The first-order valence-corrected chi connectivity index (χ1v) is 8.32. The lowest BCUT2D eigenvalue weighted by Crippen LogP contribution is -2.30. The normalized spacial score (nSPS) is 16.6. The molecule has 0 unspecified atom stereocenters. The van der Waals surface area contributed by atoms with Gasteiger partial charge in [-0.15, -0.1) is 0 Å². The van der Waals surface area contributed by atoms with Crippen LogP contribution in [0, 0.1) is 13.8 Å². The Labute approximate surface area is 122 Å². The largest absolute Gasteiger partial charge is 0.374 e. The lowest BCUT2D eigenvalue weighted by atomic mass is 10.1. The maximum Gasteiger partial charge on any atom is 0.0369 e. The van der Waals surface area contributed by atoms with Crippen LogP contribution in [0.5, 0.6) is 0 Å². The monoisotopic (exact) mass is 278 g/mol. The molecule has 0 bridgehead atoms. The summed E-state index contributed by atoms with van der Waals surface area (Å²) in [6.45, 7) is 7.88. The van der Waals surface area contributed by atoms with E-state index in [0.717, 1.165) is 11.8 Å². The van der Waals surface area contributed by atoms with E-state index in [-0.39, 0.29) is 0 Å². The minimum absolute atomic E-state index is 0.869. The topological polar surface area (TPSA) is 15.3 Å². The molecule has 0 radical (unpaired) electrons. The highest BCUT2D eigenvalue weighted by molar-refractivity contribution is 7.99. The van der Waals surface area contributed by atoms with Gasteiger partial charge in [-0.2, -0.15) is 11.8 Å². The molecule has 2 rings (SSSR count). The summed E-state index contributed by atoms with van der Waals surface area (Å²) < 4.78 is 0. The SMILES string of the molecule is Cc1cc(C)cc(N(C)CCSC2CCNCC2)c1. The Bertz CT molecular complexity index is 379. The molecular formula is C16H26N2S. The van der Waals surface area contributed by atoms with Crippen LogP contribution in [0.25, 0.3) is 0 Å². The van der Waals surface area contributed by atoms with Crippen molar-refractivity contribution in [3.05, 3.63) is 29.3 Å². The van der Waals surface area contributed by atoms with E-state index >= 15 is 0 Å². The second-order valence-electron chi connectivity index (χ2n) is 5.59. The van der Waals surface area contributed by atoms with E-state index in [9.17, 15) is 0 Å². The summed E-state index contributed by atoms with van der Waals surface area (Å²) in [6, 6.07) is 6.80. The molecule has 0 aliphatic carbocycles. The van der Waals surface area contributed by atoms with Crippen LogP contribution in [-0.4, -0.2) is 37.7 Å². The molecule has 1 saturated heterocycles. The number of nitrogens with zero attached hydrogens (tertiary/aromatic N) is 1. The molecule has 0 saturated carbocycles. The third-order valence-electron chi connectivity index (χ3n) is 3.71. The fraction of sp³-hybridized carbons (Fsp3) is 0.625. The molecule has 1 aromatic carbocycles. The zero-order chi connectivity index (χ0) is 13.7. The van der Waals surface area contributed by atoms with Crippen LogP contribution in [0.15, 0.2) is 18.2 Å². The zero-order valence-electron chi connectivity index (χ0n) is 12.4. The number of nitrogens with one attached hydrogen (secondary N) is 1. The summed E-state index contributed by atoms with van der Waals surface area (Å²) >= 11 is 2.15. The van der Waals surface area contributed by atoms with Crippen LogP contribution in [0.2, 0.25) is 0 Å². The average Bonchev–Trinajstić information content (AvgIpc) is 2.38. The van der Waals surface area contributed by atoms with Gasteiger partial charge in [0.15, 0.2) is 0 Å². The second kappa shape index (κ2) is 7.20. The van der Waals surface area contributed by atoms with Crippen molar-refractivity contribution in [2.24, 2.45) is 0 Å². The van der Waals surface area contributed by atoms with E-state index in [1.54, 1.807) is 0 Å². The zero-order valence-corrected chi connectivity index (χ0v) is 13.2. The summed E-state index contributed by atoms with van der Waals surface area (Å²) in [4.78, 5) is 2.38. The van der Waals surface area contributed by atoms with Gasteiger partial charge in [-0.25, -0.2) is 0 Å². The number of piperidine rings is 1. The Morgan fingerprint density at radius 3 is 2.42 bits per heavy atom. The number of thioether (sulfide) groups is 1. The van der Waals surface area contributed by atoms with Gasteiger partial charge in [0.05, 0.1) is 0 Å². The molecule has 1 fully saturated rings. The molecule has 1 aliphatic rings. The maximum absolute atomic E-state index is 3.43. The van der Waals surface area contributed by atoms with E-state index in [4.69, 9.17) is 0 Å². The lowest BCUT2D eigenvalue weighted by molar-refractivity contribution is 0.531. The molecule has 1 heterocycles. The number of aryl methyl sites for hydroxylation is 2. The molecule has 0 amide bonds. The Balaban J connectivity index is 1.78. The highest BCUT2D eigenvalue weighted by Gasteiger charge is 2.13. The van der Waals surface area contributed by atoms with Gasteiger partial charge in [-0.3, -0.25) is 0 Å². The molecule has 1 aromatic rings. The van der Waals surface area contributed by atoms with Gasteiger partial charge < -0.3 is 10.2 Å². The molecule has 0 aromatic heterocycles. The molecule has 0 spiro atoms.